The molecule has 1 amide bonds. The number of benzene rings is 1. The minimum absolute atomic E-state index is 0.0857. The fourth-order valence-corrected chi connectivity index (χ4v) is 4.97. The summed E-state index contributed by atoms with van der Waals surface area (Å²) in [6.07, 6.45) is 0. The second-order valence-corrected chi connectivity index (χ2v) is 9.21. The Morgan fingerprint density at radius 2 is 1.97 bits per heavy atom. The molecule has 1 aromatic carbocycles. The van der Waals surface area contributed by atoms with E-state index < -0.39 is 0 Å². The molecule has 0 unspecified atom stereocenters. The van der Waals surface area contributed by atoms with Gasteiger partial charge in [-0.05, 0) is 36.6 Å². The third kappa shape index (κ3) is 4.19. The number of anilines is 1. The number of thiophene rings is 1. The monoisotopic (exact) mass is 482 g/mol. The summed E-state index contributed by atoms with van der Waals surface area (Å²) in [7, 11) is 1.63. The molecule has 3 aromatic heterocycles. The van der Waals surface area contributed by atoms with E-state index in [-0.39, 0.29) is 5.91 Å². The van der Waals surface area contributed by atoms with Crippen LogP contribution < -0.4 is 4.90 Å². The molecule has 5 rings (SSSR count). The van der Waals surface area contributed by atoms with Crippen molar-refractivity contribution in [1.29, 1.82) is 0 Å². The van der Waals surface area contributed by atoms with E-state index in [9.17, 15) is 4.79 Å². The Bertz CT molecular complexity index is 1300. The van der Waals surface area contributed by atoms with Crippen LogP contribution in [0.25, 0.3) is 16.7 Å². The van der Waals surface area contributed by atoms with Crippen LogP contribution in [0.4, 0.5) is 5.82 Å². The zero-order valence-corrected chi connectivity index (χ0v) is 19.9. The van der Waals surface area contributed by atoms with Crippen LogP contribution in [0, 0.1) is 6.92 Å². The van der Waals surface area contributed by atoms with Crippen LogP contribution in [0.1, 0.15) is 21.2 Å². The van der Waals surface area contributed by atoms with E-state index in [2.05, 4.69) is 4.90 Å². The maximum Gasteiger partial charge on any atom is 0.264 e. The molecule has 1 saturated heterocycles. The van der Waals surface area contributed by atoms with Crippen LogP contribution in [0.5, 0.6) is 0 Å². The molecule has 0 radical (unpaired) electrons. The topological polar surface area (TPSA) is 76.4 Å². The van der Waals surface area contributed by atoms with E-state index in [1.54, 1.807) is 11.8 Å². The van der Waals surface area contributed by atoms with Crippen molar-refractivity contribution in [1.82, 2.24) is 24.6 Å². The molecule has 4 aromatic rings. The van der Waals surface area contributed by atoms with Gasteiger partial charge in [-0.25, -0.2) is 14.6 Å². The third-order valence-corrected chi connectivity index (χ3v) is 6.75. The van der Waals surface area contributed by atoms with Gasteiger partial charge < -0.3 is 14.5 Å². The van der Waals surface area contributed by atoms with Crippen molar-refractivity contribution in [2.45, 2.75) is 13.5 Å². The SMILES string of the molecule is COCc1nc(N2CCN(C(=O)c3cccs3)CC2)c2c(C)nn(-c3cccc(Cl)c3)c2n1. The second kappa shape index (κ2) is 9.09. The highest BCUT2D eigenvalue weighted by Crippen LogP contribution is 2.30. The van der Waals surface area contributed by atoms with Crippen molar-refractivity contribution < 1.29 is 9.53 Å². The number of aromatic nitrogens is 4. The number of halogens is 1. The van der Waals surface area contributed by atoms with Crippen molar-refractivity contribution in [2.75, 3.05) is 38.2 Å². The van der Waals surface area contributed by atoms with E-state index in [1.165, 1.54) is 11.3 Å². The van der Waals surface area contributed by atoms with Crippen LogP contribution >= 0.6 is 22.9 Å². The number of nitrogens with zero attached hydrogens (tertiary/aromatic N) is 6. The first-order chi connectivity index (χ1) is 16.0. The maximum absolute atomic E-state index is 12.7. The molecule has 1 aliphatic heterocycles. The predicted octanol–water partition coefficient (Wildman–Crippen LogP) is 3.95. The molecule has 1 aliphatic rings. The highest BCUT2D eigenvalue weighted by atomic mass is 35.5. The molecule has 10 heteroatoms. The molecule has 8 nitrogen and oxygen atoms in total. The number of hydrogen-bond acceptors (Lipinski definition) is 7. The highest BCUT2D eigenvalue weighted by molar-refractivity contribution is 7.12. The first-order valence-corrected chi connectivity index (χ1v) is 11.9. The van der Waals surface area contributed by atoms with Crippen molar-refractivity contribution >= 4 is 45.7 Å². The van der Waals surface area contributed by atoms with Gasteiger partial charge in [0.05, 0.1) is 21.6 Å². The smallest absolute Gasteiger partial charge is 0.264 e. The number of piperazine rings is 1. The van der Waals surface area contributed by atoms with E-state index in [0.717, 1.165) is 27.5 Å². The van der Waals surface area contributed by atoms with Crippen molar-refractivity contribution in [2.24, 2.45) is 0 Å². The fourth-order valence-electron chi connectivity index (χ4n) is 4.09. The van der Waals surface area contributed by atoms with E-state index in [4.69, 9.17) is 31.4 Å². The highest BCUT2D eigenvalue weighted by Gasteiger charge is 2.27. The van der Waals surface area contributed by atoms with Gasteiger partial charge >= 0.3 is 0 Å². The van der Waals surface area contributed by atoms with Crippen molar-refractivity contribution in [3.63, 3.8) is 0 Å². The fraction of sp³-hybridized carbons (Fsp3) is 0.304. The molecular formula is C23H23ClN6O2S. The summed E-state index contributed by atoms with van der Waals surface area (Å²) in [5, 5.41) is 8.22. The zero-order chi connectivity index (χ0) is 22.9. The molecule has 0 bridgehead atoms. The third-order valence-electron chi connectivity index (χ3n) is 5.65. The Hall–Kier alpha value is -3.01. The van der Waals surface area contributed by atoms with E-state index in [1.807, 2.05) is 53.6 Å². The normalized spacial score (nSPS) is 14.3. The van der Waals surface area contributed by atoms with Gasteiger partial charge in [-0.15, -0.1) is 11.3 Å². The Morgan fingerprint density at radius 3 is 2.67 bits per heavy atom. The molecule has 0 atom stereocenters. The van der Waals surface area contributed by atoms with Gasteiger partial charge in [0.25, 0.3) is 5.91 Å². The summed E-state index contributed by atoms with van der Waals surface area (Å²) in [6, 6.07) is 11.3. The lowest BCUT2D eigenvalue weighted by Crippen LogP contribution is -2.49. The molecule has 0 N–H and O–H groups in total. The molecular weight excluding hydrogens is 460 g/mol. The Kier molecular flexibility index (Phi) is 6.01. The van der Waals surface area contributed by atoms with Gasteiger partial charge in [0.2, 0.25) is 0 Å². The van der Waals surface area contributed by atoms with Gasteiger partial charge in [0.15, 0.2) is 11.5 Å². The molecule has 0 spiro atoms. The average Bonchev–Trinajstić information content (AvgIpc) is 3.47. The van der Waals surface area contributed by atoms with E-state index >= 15 is 0 Å². The summed E-state index contributed by atoms with van der Waals surface area (Å²) < 4.78 is 7.14. The largest absolute Gasteiger partial charge is 0.377 e. The summed E-state index contributed by atoms with van der Waals surface area (Å²) in [4.78, 5) is 27.2. The minimum Gasteiger partial charge on any atom is -0.377 e. The summed E-state index contributed by atoms with van der Waals surface area (Å²) in [5.41, 5.74) is 2.38. The Balaban J connectivity index is 1.51. The number of amides is 1. The lowest BCUT2D eigenvalue weighted by Gasteiger charge is -2.35. The van der Waals surface area contributed by atoms with Crippen LogP contribution in [0.15, 0.2) is 41.8 Å². The zero-order valence-electron chi connectivity index (χ0n) is 18.4. The molecule has 4 heterocycles. The van der Waals surface area contributed by atoms with Gasteiger partial charge in [-0.1, -0.05) is 23.7 Å². The van der Waals surface area contributed by atoms with Crippen molar-refractivity contribution in [3.8, 4) is 5.69 Å². The van der Waals surface area contributed by atoms with Crippen LogP contribution in [-0.2, 0) is 11.3 Å². The van der Waals surface area contributed by atoms with Crippen LogP contribution in [-0.4, -0.2) is 63.8 Å². The summed E-state index contributed by atoms with van der Waals surface area (Å²) >= 11 is 7.70. The molecule has 0 aliphatic carbocycles. The summed E-state index contributed by atoms with van der Waals surface area (Å²) in [6.45, 7) is 4.86. The number of carbonyl (C=O) groups is 1. The maximum atomic E-state index is 12.7. The average molecular weight is 483 g/mol. The number of carbonyl (C=O) groups excluding carboxylic acids is 1. The second-order valence-electron chi connectivity index (χ2n) is 7.83. The molecule has 170 valence electrons. The first-order valence-electron chi connectivity index (χ1n) is 10.6. The molecule has 1 fully saturated rings. The predicted molar refractivity (Wildman–Crippen MR) is 130 cm³/mol. The Labute approximate surface area is 200 Å². The molecule has 33 heavy (non-hydrogen) atoms. The van der Waals surface area contributed by atoms with E-state index in [0.29, 0.717) is 49.3 Å². The number of hydrogen-bond donors (Lipinski definition) is 0. The lowest BCUT2D eigenvalue weighted by molar-refractivity contribution is 0.0751. The van der Waals surface area contributed by atoms with Gasteiger partial charge in [0.1, 0.15) is 12.4 Å². The van der Waals surface area contributed by atoms with Gasteiger partial charge in [-0.2, -0.15) is 5.10 Å². The number of methoxy groups -OCH3 is 1. The number of rotatable bonds is 5. The van der Waals surface area contributed by atoms with Crippen molar-refractivity contribution in [3.05, 3.63) is 63.2 Å². The van der Waals surface area contributed by atoms with Crippen LogP contribution in [0.3, 0.4) is 0 Å². The first kappa shape index (κ1) is 21.8. The Morgan fingerprint density at radius 1 is 1.15 bits per heavy atom. The molecule has 0 saturated carbocycles. The number of ether oxygens (including phenoxy) is 1. The number of aryl methyl sites for hydroxylation is 1. The van der Waals surface area contributed by atoms with Crippen LogP contribution in [0.2, 0.25) is 5.02 Å². The quantitative estimate of drug-likeness (QED) is 0.428. The minimum atomic E-state index is 0.0857. The standard InChI is InChI=1S/C23H23ClN6O2S/c1-15-20-21(28-8-10-29(11-9-28)23(31)18-7-4-12-33-18)25-19(14-32-2)26-22(20)30(27-15)17-6-3-5-16(24)13-17/h3-7,12-13H,8-11,14H2,1-2H3. The lowest BCUT2D eigenvalue weighted by atomic mass is 10.2. The number of fused-ring (bicyclic) bond motifs is 1. The summed E-state index contributed by atoms with van der Waals surface area (Å²) in [5.74, 6) is 1.49. The van der Waals surface area contributed by atoms with Gasteiger partial charge in [-0.3, -0.25) is 4.79 Å². The van der Waals surface area contributed by atoms with Gasteiger partial charge in [0, 0.05) is 38.3 Å².